The van der Waals surface area contributed by atoms with Crippen molar-refractivity contribution in [2.24, 2.45) is 0 Å². The van der Waals surface area contributed by atoms with Gasteiger partial charge in [0.1, 0.15) is 0 Å². The van der Waals surface area contributed by atoms with Crippen LogP contribution in [0.4, 0.5) is 0 Å². The molecule has 0 amide bonds. The van der Waals surface area contributed by atoms with Gasteiger partial charge >= 0.3 is 0 Å². The van der Waals surface area contributed by atoms with Gasteiger partial charge in [-0.3, -0.25) is 0 Å². The first-order chi connectivity index (χ1) is 28.1. The highest BCUT2D eigenvalue weighted by Gasteiger charge is 2.22. The molecule has 0 N–H and O–H groups in total. The maximum Gasteiger partial charge on any atom is 0.0992 e. The van der Waals surface area contributed by atoms with E-state index in [0.717, 1.165) is 93.6 Å². The molecule has 0 radical (unpaired) electrons. The molecule has 6 heteroatoms. The molecular weight excluding hydrogens is 697 g/mol. The molecule has 11 rings (SSSR count). The quantitative estimate of drug-likeness (QED) is 0.181. The fourth-order valence-electron chi connectivity index (χ4n) is 8.93. The van der Waals surface area contributed by atoms with Crippen LogP contribution in [0.1, 0.15) is 16.7 Å². The normalized spacial score (nSPS) is 11.5. The second kappa shape index (κ2) is 12.3. The summed E-state index contributed by atoms with van der Waals surface area (Å²) in [5.74, 6) is 0. The van der Waals surface area contributed by atoms with Gasteiger partial charge in [0.2, 0.25) is 0 Å². The van der Waals surface area contributed by atoms with Gasteiger partial charge in [-0.15, -0.1) is 0 Å². The largest absolute Gasteiger partial charge is 0.309 e. The Balaban J connectivity index is 1.21. The summed E-state index contributed by atoms with van der Waals surface area (Å²) in [5, 5.41) is 36.5. The molecule has 0 fully saturated rings. The molecule has 0 spiro atoms. The second-order valence-corrected chi connectivity index (χ2v) is 14.3. The van der Waals surface area contributed by atoms with Gasteiger partial charge < -0.3 is 13.7 Å². The summed E-state index contributed by atoms with van der Waals surface area (Å²) in [6.45, 7) is 0. The van der Waals surface area contributed by atoms with Gasteiger partial charge in [-0.2, -0.15) is 15.8 Å². The highest BCUT2D eigenvalue weighted by Crippen LogP contribution is 2.42. The average Bonchev–Trinajstić information content (AvgIpc) is 3.91. The van der Waals surface area contributed by atoms with Crippen LogP contribution in [0.25, 0.3) is 93.6 Å². The number of fused-ring (bicyclic) bond motifs is 9. The van der Waals surface area contributed by atoms with Crippen LogP contribution in [0.5, 0.6) is 0 Å². The molecule has 0 bridgehead atoms. The summed E-state index contributed by atoms with van der Waals surface area (Å²) in [4.78, 5) is 0. The lowest BCUT2D eigenvalue weighted by Crippen LogP contribution is -2.02. The van der Waals surface area contributed by atoms with Crippen LogP contribution < -0.4 is 0 Å². The predicted molar refractivity (Wildman–Crippen MR) is 229 cm³/mol. The summed E-state index contributed by atoms with van der Waals surface area (Å²) in [7, 11) is 0. The monoisotopic (exact) mass is 724 g/mol. The molecule has 11 aromatic rings. The van der Waals surface area contributed by atoms with Gasteiger partial charge in [0.05, 0.1) is 79.4 Å². The Morgan fingerprint density at radius 2 is 0.807 bits per heavy atom. The second-order valence-electron chi connectivity index (χ2n) is 14.3. The lowest BCUT2D eigenvalue weighted by Gasteiger charge is -2.17. The van der Waals surface area contributed by atoms with Crippen LogP contribution in [0.15, 0.2) is 170 Å². The first kappa shape index (κ1) is 32.1. The Bertz CT molecular complexity index is 3630. The molecule has 0 aliphatic rings. The molecule has 0 aliphatic carbocycles. The van der Waals surface area contributed by atoms with E-state index in [-0.39, 0.29) is 0 Å². The average molecular weight is 725 g/mol. The third kappa shape index (κ3) is 4.68. The summed E-state index contributed by atoms with van der Waals surface area (Å²) >= 11 is 0. The minimum Gasteiger partial charge on any atom is -0.309 e. The first-order valence-electron chi connectivity index (χ1n) is 18.7. The number of hydrogen-bond donors (Lipinski definition) is 0. The molecule has 6 nitrogen and oxygen atoms in total. The van der Waals surface area contributed by atoms with Crippen LogP contribution in [0.2, 0.25) is 0 Å². The molecule has 3 heterocycles. The van der Waals surface area contributed by atoms with Crippen LogP contribution in [-0.2, 0) is 0 Å². The van der Waals surface area contributed by atoms with E-state index >= 15 is 0 Å². The summed E-state index contributed by atoms with van der Waals surface area (Å²) < 4.78 is 6.85. The van der Waals surface area contributed by atoms with Crippen molar-refractivity contribution in [3.05, 3.63) is 187 Å². The minimum atomic E-state index is 0.544. The lowest BCUT2D eigenvalue weighted by molar-refractivity contribution is 1.13. The highest BCUT2D eigenvalue weighted by molar-refractivity contribution is 6.15. The van der Waals surface area contributed by atoms with Crippen molar-refractivity contribution in [1.29, 1.82) is 15.8 Å². The topological polar surface area (TPSA) is 86.2 Å². The standard InChI is InChI=1S/C51H28N6/c52-29-32-20-22-48-42(26-32)39-12-3-7-17-46(39)56(48)44-15-5-1-10-37(44)35-24-34(31-54)25-36(28-35)55-45-16-6-2-11-38(45)41-14-9-19-50(51(41)55)57-47-18-8-4-13-40(47)43-27-33(30-53)21-23-49(43)57/h1-28H. The molecule has 0 aliphatic heterocycles. The Labute approximate surface area is 326 Å². The minimum absolute atomic E-state index is 0.544. The van der Waals surface area contributed by atoms with Crippen molar-refractivity contribution in [2.75, 3.05) is 0 Å². The van der Waals surface area contributed by atoms with Gasteiger partial charge in [0.25, 0.3) is 0 Å². The first-order valence-corrected chi connectivity index (χ1v) is 18.7. The number of aromatic nitrogens is 3. The van der Waals surface area contributed by atoms with E-state index in [1.54, 1.807) is 0 Å². The Morgan fingerprint density at radius 3 is 1.42 bits per heavy atom. The molecule has 8 aromatic carbocycles. The van der Waals surface area contributed by atoms with Crippen LogP contribution in [0.3, 0.4) is 0 Å². The van der Waals surface area contributed by atoms with Crippen LogP contribution in [-0.4, -0.2) is 13.7 Å². The predicted octanol–water partition coefficient (Wildman–Crippen LogP) is 12.3. The van der Waals surface area contributed by atoms with Crippen LogP contribution >= 0.6 is 0 Å². The fourth-order valence-corrected chi connectivity index (χ4v) is 8.93. The zero-order chi connectivity index (χ0) is 38.2. The number of nitriles is 3. The summed E-state index contributed by atoms with van der Waals surface area (Å²) in [6, 6.07) is 64.8. The van der Waals surface area contributed by atoms with Crippen molar-refractivity contribution in [2.45, 2.75) is 0 Å². The zero-order valence-electron chi connectivity index (χ0n) is 30.3. The molecule has 3 aromatic heterocycles. The van der Waals surface area contributed by atoms with E-state index in [0.29, 0.717) is 16.7 Å². The maximum atomic E-state index is 10.6. The van der Waals surface area contributed by atoms with Crippen molar-refractivity contribution in [3.63, 3.8) is 0 Å². The van der Waals surface area contributed by atoms with E-state index in [4.69, 9.17) is 0 Å². The van der Waals surface area contributed by atoms with Gasteiger partial charge in [0, 0.05) is 43.6 Å². The molecule has 0 saturated heterocycles. The Kier molecular flexibility index (Phi) is 6.95. The lowest BCUT2D eigenvalue weighted by atomic mass is 10.00. The summed E-state index contributed by atoms with van der Waals surface area (Å²) in [5.41, 5.74) is 12.6. The van der Waals surface area contributed by atoms with Crippen molar-refractivity contribution in [3.8, 4) is 46.4 Å². The molecule has 0 atom stereocenters. The number of rotatable bonds is 4. The van der Waals surface area contributed by atoms with E-state index < -0.39 is 0 Å². The number of benzene rings is 8. The zero-order valence-corrected chi connectivity index (χ0v) is 30.3. The third-order valence-corrected chi connectivity index (χ3v) is 11.3. The van der Waals surface area contributed by atoms with E-state index in [9.17, 15) is 15.8 Å². The fraction of sp³-hybridized carbons (Fsp3) is 0. The van der Waals surface area contributed by atoms with E-state index in [1.807, 2.05) is 78.9 Å². The Morgan fingerprint density at radius 1 is 0.333 bits per heavy atom. The number of para-hydroxylation sites is 5. The smallest absolute Gasteiger partial charge is 0.0992 e. The molecule has 0 saturated carbocycles. The molecule has 0 unspecified atom stereocenters. The highest BCUT2D eigenvalue weighted by atomic mass is 15.1. The SMILES string of the molecule is N#Cc1cc(-c2ccccc2-n2c3ccccc3c3cc(C#N)ccc32)cc(-n2c3ccccc3c3cccc(-n4c5ccccc5c5cc(C#N)ccc54)c32)c1. The maximum absolute atomic E-state index is 10.6. The van der Waals surface area contributed by atoms with Gasteiger partial charge in [-0.1, -0.05) is 84.9 Å². The van der Waals surface area contributed by atoms with E-state index in [2.05, 4.69) is 123 Å². The van der Waals surface area contributed by atoms with Gasteiger partial charge in [-0.25, -0.2) is 0 Å². The summed E-state index contributed by atoms with van der Waals surface area (Å²) in [6.07, 6.45) is 0. The van der Waals surface area contributed by atoms with Crippen molar-refractivity contribution >= 4 is 65.4 Å². The van der Waals surface area contributed by atoms with Crippen molar-refractivity contribution in [1.82, 2.24) is 13.7 Å². The van der Waals surface area contributed by atoms with E-state index in [1.165, 1.54) is 0 Å². The molecule has 57 heavy (non-hydrogen) atoms. The third-order valence-electron chi connectivity index (χ3n) is 11.3. The Hall–Kier alpha value is -8.37. The van der Waals surface area contributed by atoms with Gasteiger partial charge in [0.15, 0.2) is 0 Å². The number of nitrogens with zero attached hydrogens (tertiary/aromatic N) is 6. The molecular formula is C51H28N6. The van der Waals surface area contributed by atoms with Gasteiger partial charge in [-0.05, 0) is 90.5 Å². The van der Waals surface area contributed by atoms with Crippen molar-refractivity contribution < 1.29 is 0 Å². The van der Waals surface area contributed by atoms with Crippen LogP contribution in [0, 0.1) is 34.0 Å². The molecule has 262 valence electrons. The number of hydrogen-bond acceptors (Lipinski definition) is 3.